The van der Waals surface area contributed by atoms with Crippen LogP contribution in [-0.4, -0.2) is 0 Å². The van der Waals surface area contributed by atoms with E-state index in [0.29, 0.717) is 10.8 Å². The Hall–Kier alpha value is 0.350. The van der Waals surface area contributed by atoms with Gasteiger partial charge in [0.2, 0.25) is 0 Å². The SMILES string of the molecule is CC(C(C)(C)C)C(C)(C)C.S. The van der Waals surface area contributed by atoms with E-state index in [1.807, 2.05) is 0 Å². The predicted octanol–water partition coefficient (Wildman–Crippen LogP) is 3.83. The Balaban J connectivity index is 0. The second-order valence-electron chi connectivity index (χ2n) is 5.45. The van der Waals surface area contributed by atoms with E-state index in [1.54, 1.807) is 0 Å². The molecule has 0 spiro atoms. The Kier molecular flexibility index (Phi) is 4.86. The second kappa shape index (κ2) is 3.84. The van der Waals surface area contributed by atoms with E-state index in [4.69, 9.17) is 0 Å². The van der Waals surface area contributed by atoms with Crippen molar-refractivity contribution in [2.75, 3.05) is 0 Å². The van der Waals surface area contributed by atoms with Crippen LogP contribution in [0.5, 0.6) is 0 Å². The molecule has 0 amide bonds. The van der Waals surface area contributed by atoms with Crippen LogP contribution < -0.4 is 0 Å². The van der Waals surface area contributed by atoms with Crippen LogP contribution in [0.2, 0.25) is 0 Å². The maximum absolute atomic E-state index is 2.33. The van der Waals surface area contributed by atoms with Crippen molar-refractivity contribution in [3.05, 3.63) is 0 Å². The zero-order valence-corrected chi connectivity index (χ0v) is 10.1. The van der Waals surface area contributed by atoms with Gasteiger partial charge in [-0.05, 0) is 16.7 Å². The third-order valence-corrected chi connectivity index (χ3v) is 2.60. The van der Waals surface area contributed by atoms with Crippen LogP contribution in [0, 0.1) is 16.7 Å². The summed E-state index contributed by atoms with van der Waals surface area (Å²) in [7, 11) is 0. The summed E-state index contributed by atoms with van der Waals surface area (Å²) in [5, 5.41) is 0. The molecule has 0 aromatic heterocycles. The van der Waals surface area contributed by atoms with Gasteiger partial charge in [0.05, 0.1) is 0 Å². The average molecular weight is 176 g/mol. The van der Waals surface area contributed by atoms with Gasteiger partial charge in [0.25, 0.3) is 0 Å². The lowest BCUT2D eigenvalue weighted by Crippen LogP contribution is -2.29. The highest BCUT2D eigenvalue weighted by atomic mass is 32.1. The minimum Gasteiger partial charge on any atom is -0.197 e. The summed E-state index contributed by atoms with van der Waals surface area (Å²) in [6.45, 7) is 16.2. The smallest absolute Gasteiger partial charge is 0.0345 e. The quantitative estimate of drug-likeness (QED) is 0.526. The molecule has 0 fully saturated rings. The molecular weight excluding hydrogens is 152 g/mol. The van der Waals surface area contributed by atoms with Gasteiger partial charge in [-0.15, -0.1) is 0 Å². The van der Waals surface area contributed by atoms with Gasteiger partial charge in [-0.1, -0.05) is 48.5 Å². The number of hydrogen-bond acceptors (Lipinski definition) is 0. The molecule has 0 saturated carbocycles. The third-order valence-electron chi connectivity index (χ3n) is 2.60. The molecule has 11 heavy (non-hydrogen) atoms. The maximum atomic E-state index is 2.33. The molecule has 0 rings (SSSR count). The summed E-state index contributed by atoms with van der Waals surface area (Å²) < 4.78 is 0. The molecule has 0 aromatic rings. The molecule has 0 aromatic carbocycles. The van der Waals surface area contributed by atoms with E-state index in [-0.39, 0.29) is 13.5 Å². The van der Waals surface area contributed by atoms with Gasteiger partial charge in [-0.2, -0.15) is 13.5 Å². The van der Waals surface area contributed by atoms with E-state index in [1.165, 1.54) is 0 Å². The van der Waals surface area contributed by atoms with Crippen LogP contribution in [0.1, 0.15) is 48.5 Å². The fraction of sp³-hybridized carbons (Fsp3) is 1.00. The molecule has 0 unspecified atom stereocenters. The topological polar surface area (TPSA) is 0 Å². The second-order valence-corrected chi connectivity index (χ2v) is 5.45. The van der Waals surface area contributed by atoms with Crippen LogP contribution in [0.15, 0.2) is 0 Å². The van der Waals surface area contributed by atoms with Gasteiger partial charge in [0, 0.05) is 0 Å². The molecule has 0 heterocycles. The van der Waals surface area contributed by atoms with Crippen LogP contribution >= 0.6 is 13.5 Å². The van der Waals surface area contributed by atoms with Crippen molar-refractivity contribution >= 4 is 13.5 Å². The molecule has 1 heteroatoms. The first-order valence-corrected chi connectivity index (χ1v) is 4.15. The normalized spacial score (nSPS) is 13.1. The van der Waals surface area contributed by atoms with Gasteiger partial charge >= 0.3 is 0 Å². The minimum absolute atomic E-state index is 0. The molecule has 0 radical (unpaired) electrons. The fourth-order valence-corrected chi connectivity index (χ4v) is 1.30. The van der Waals surface area contributed by atoms with Crippen molar-refractivity contribution in [3.8, 4) is 0 Å². The molecule has 0 atom stereocenters. The van der Waals surface area contributed by atoms with Gasteiger partial charge in [-0.25, -0.2) is 0 Å². The van der Waals surface area contributed by atoms with Crippen LogP contribution in [0.4, 0.5) is 0 Å². The van der Waals surface area contributed by atoms with Gasteiger partial charge in [0.1, 0.15) is 0 Å². The summed E-state index contributed by atoms with van der Waals surface area (Å²) in [5.74, 6) is 0.764. The van der Waals surface area contributed by atoms with Crippen molar-refractivity contribution in [1.82, 2.24) is 0 Å². The molecule has 0 aliphatic rings. The van der Waals surface area contributed by atoms with E-state index < -0.39 is 0 Å². The van der Waals surface area contributed by atoms with E-state index in [9.17, 15) is 0 Å². The zero-order chi connectivity index (χ0) is 8.58. The lowest BCUT2D eigenvalue weighted by Gasteiger charge is -2.38. The Labute approximate surface area is 79.2 Å². The highest BCUT2D eigenvalue weighted by Crippen LogP contribution is 2.38. The summed E-state index contributed by atoms with van der Waals surface area (Å²) >= 11 is 0. The molecule has 0 aliphatic heterocycles. The Morgan fingerprint density at radius 2 is 0.909 bits per heavy atom. The number of hydrogen-bond donors (Lipinski definition) is 0. The standard InChI is InChI=1S/C10H22.H2S/c1-8(9(2,3)4)10(5,6)7;/h8H,1-7H3;1H2. The molecule has 0 saturated heterocycles. The predicted molar refractivity (Wildman–Crippen MR) is 58.5 cm³/mol. The zero-order valence-electron chi connectivity index (χ0n) is 9.08. The fourth-order valence-electron chi connectivity index (χ4n) is 1.30. The molecule has 0 bridgehead atoms. The lowest BCUT2D eigenvalue weighted by atomic mass is 9.68. The van der Waals surface area contributed by atoms with Crippen LogP contribution in [0.3, 0.4) is 0 Å². The van der Waals surface area contributed by atoms with Crippen molar-refractivity contribution in [2.45, 2.75) is 48.5 Å². The monoisotopic (exact) mass is 176 g/mol. The summed E-state index contributed by atoms with van der Waals surface area (Å²) in [5.41, 5.74) is 0.885. The highest BCUT2D eigenvalue weighted by Gasteiger charge is 2.30. The Bertz CT molecular complexity index is 89.0. The first-order chi connectivity index (χ1) is 4.15. The third kappa shape index (κ3) is 4.73. The largest absolute Gasteiger partial charge is 0.197 e. The van der Waals surface area contributed by atoms with Crippen molar-refractivity contribution in [1.29, 1.82) is 0 Å². The van der Waals surface area contributed by atoms with Crippen molar-refractivity contribution < 1.29 is 0 Å². The molecule has 0 nitrogen and oxygen atoms in total. The first-order valence-electron chi connectivity index (χ1n) is 4.15. The van der Waals surface area contributed by atoms with Crippen LogP contribution in [0.25, 0.3) is 0 Å². The maximum Gasteiger partial charge on any atom is -0.0345 e. The molecule has 70 valence electrons. The van der Waals surface area contributed by atoms with E-state index >= 15 is 0 Å². The van der Waals surface area contributed by atoms with Gasteiger partial charge in [0.15, 0.2) is 0 Å². The first kappa shape index (κ1) is 13.9. The molecule has 0 N–H and O–H groups in total. The Morgan fingerprint density at radius 1 is 0.727 bits per heavy atom. The summed E-state index contributed by atoms with van der Waals surface area (Å²) in [4.78, 5) is 0. The minimum atomic E-state index is 0. The summed E-state index contributed by atoms with van der Waals surface area (Å²) in [6, 6.07) is 0. The van der Waals surface area contributed by atoms with Crippen LogP contribution in [-0.2, 0) is 0 Å². The summed E-state index contributed by atoms with van der Waals surface area (Å²) in [6.07, 6.45) is 0. The van der Waals surface area contributed by atoms with Crippen molar-refractivity contribution in [3.63, 3.8) is 0 Å². The van der Waals surface area contributed by atoms with Gasteiger partial charge < -0.3 is 0 Å². The van der Waals surface area contributed by atoms with Gasteiger partial charge in [-0.3, -0.25) is 0 Å². The Morgan fingerprint density at radius 3 is 0.909 bits per heavy atom. The molecule has 0 aliphatic carbocycles. The van der Waals surface area contributed by atoms with E-state index in [2.05, 4.69) is 48.5 Å². The highest BCUT2D eigenvalue weighted by molar-refractivity contribution is 7.59. The molecular formula is C10H24S. The van der Waals surface area contributed by atoms with E-state index in [0.717, 1.165) is 5.92 Å². The lowest BCUT2D eigenvalue weighted by molar-refractivity contribution is 0.121. The number of rotatable bonds is 0. The average Bonchev–Trinajstić information content (AvgIpc) is 1.59. The van der Waals surface area contributed by atoms with Crippen molar-refractivity contribution in [2.24, 2.45) is 16.7 Å².